The van der Waals surface area contributed by atoms with Crippen molar-refractivity contribution in [1.82, 2.24) is 5.32 Å². The maximum Gasteiger partial charge on any atom is 0.255 e. The standard InChI is InChI=1S/C24H25ClF3N3O5S/c25-17-4-1-12(23(33)31-15-8-18(26)22(28)19(27)9-15)5-20(17)37(35,36)16-6-13-2-3-14(7-16)24(13,34)11-30-21(32)10-29/h1,4-5,8-9,13-14,16,34H,2-3,6-7,10-11,29H2,(H,30,32)(H,31,33)/t13-,14?,16-,24-/m0/s1. The van der Waals surface area contributed by atoms with Crippen molar-refractivity contribution in [2.24, 2.45) is 17.6 Å². The fraction of sp³-hybridized carbons (Fsp3) is 0.417. The molecule has 2 fully saturated rings. The molecule has 5 N–H and O–H groups in total. The summed E-state index contributed by atoms with van der Waals surface area (Å²) < 4.78 is 67.4. The zero-order chi connectivity index (χ0) is 27.1. The number of carbonyl (C=O) groups excluding carboxylic acids is 2. The lowest BCUT2D eigenvalue weighted by Gasteiger charge is -2.42. The normalized spacial score (nSPS) is 25.1. The van der Waals surface area contributed by atoms with Crippen molar-refractivity contribution in [3.8, 4) is 0 Å². The minimum Gasteiger partial charge on any atom is -0.387 e. The van der Waals surface area contributed by atoms with Gasteiger partial charge < -0.3 is 21.5 Å². The molecule has 2 aliphatic rings. The number of hydrogen-bond acceptors (Lipinski definition) is 6. The van der Waals surface area contributed by atoms with Gasteiger partial charge in [0, 0.05) is 29.9 Å². The van der Waals surface area contributed by atoms with Crippen LogP contribution in [0.5, 0.6) is 0 Å². The van der Waals surface area contributed by atoms with Gasteiger partial charge in [0.15, 0.2) is 27.3 Å². The van der Waals surface area contributed by atoms with Gasteiger partial charge in [-0.05, 0) is 55.7 Å². The Bertz CT molecular complexity index is 1320. The molecule has 2 amide bonds. The van der Waals surface area contributed by atoms with Crippen LogP contribution in [0.4, 0.5) is 18.9 Å². The number of sulfone groups is 1. The van der Waals surface area contributed by atoms with E-state index in [1.54, 1.807) is 0 Å². The molecule has 0 aliphatic heterocycles. The minimum atomic E-state index is -4.05. The van der Waals surface area contributed by atoms with Crippen LogP contribution in [0.1, 0.15) is 36.0 Å². The highest BCUT2D eigenvalue weighted by Gasteiger charge is 2.55. The molecule has 2 bridgehead atoms. The van der Waals surface area contributed by atoms with E-state index in [2.05, 4.69) is 10.6 Å². The summed E-state index contributed by atoms with van der Waals surface area (Å²) in [6.07, 6.45) is 1.45. The molecule has 0 aromatic heterocycles. The first kappa shape index (κ1) is 27.4. The second kappa shape index (κ2) is 10.2. The Morgan fingerprint density at radius 3 is 2.24 bits per heavy atom. The Kier molecular flexibility index (Phi) is 7.57. The fourth-order valence-corrected chi connectivity index (χ4v) is 7.74. The average Bonchev–Trinajstić information content (AvgIpc) is 3.01. The van der Waals surface area contributed by atoms with Crippen molar-refractivity contribution in [2.45, 2.75) is 41.4 Å². The molecule has 2 aromatic carbocycles. The molecular weight excluding hydrogens is 535 g/mol. The second-order valence-electron chi connectivity index (χ2n) is 9.43. The fourth-order valence-electron chi connectivity index (χ4n) is 5.34. The van der Waals surface area contributed by atoms with Crippen LogP contribution in [-0.2, 0) is 14.6 Å². The van der Waals surface area contributed by atoms with E-state index < -0.39 is 50.0 Å². The van der Waals surface area contributed by atoms with Gasteiger partial charge in [0.05, 0.1) is 27.3 Å². The quantitative estimate of drug-likeness (QED) is 0.385. The van der Waals surface area contributed by atoms with Gasteiger partial charge >= 0.3 is 0 Å². The van der Waals surface area contributed by atoms with E-state index in [9.17, 15) is 36.3 Å². The number of halogens is 4. The van der Waals surface area contributed by atoms with Gasteiger partial charge in [-0.2, -0.15) is 0 Å². The van der Waals surface area contributed by atoms with E-state index in [0.29, 0.717) is 25.0 Å². The monoisotopic (exact) mass is 559 g/mol. The van der Waals surface area contributed by atoms with Crippen molar-refractivity contribution in [2.75, 3.05) is 18.4 Å². The summed E-state index contributed by atoms with van der Waals surface area (Å²) in [6, 6.07) is 4.74. The summed E-state index contributed by atoms with van der Waals surface area (Å²) in [7, 11) is -4.05. The van der Waals surface area contributed by atoms with Crippen molar-refractivity contribution < 1.29 is 36.3 Å². The SMILES string of the molecule is NCC(=O)NC[C@@]1(O)C2CC[C@H]1C[C@H](S(=O)(=O)c1cc(C(=O)Nc3cc(F)c(F)c(F)c3)ccc1Cl)C2. The number of amides is 2. The number of rotatable bonds is 7. The van der Waals surface area contributed by atoms with E-state index in [0.717, 1.165) is 6.07 Å². The summed E-state index contributed by atoms with van der Waals surface area (Å²) in [5.74, 6) is -6.74. The summed E-state index contributed by atoms with van der Waals surface area (Å²) >= 11 is 6.21. The molecule has 4 atom stereocenters. The number of fused-ring (bicyclic) bond motifs is 2. The van der Waals surface area contributed by atoms with Crippen LogP contribution in [0, 0.1) is 29.3 Å². The first-order valence-electron chi connectivity index (χ1n) is 11.5. The molecule has 2 aromatic rings. The Hall–Kier alpha value is -2.67. The number of carbonyl (C=O) groups is 2. The van der Waals surface area contributed by atoms with Crippen LogP contribution < -0.4 is 16.4 Å². The lowest BCUT2D eigenvalue weighted by atomic mass is 9.74. The second-order valence-corrected chi connectivity index (χ2v) is 12.0. The van der Waals surface area contributed by atoms with Crippen molar-refractivity contribution in [1.29, 1.82) is 0 Å². The number of nitrogens with two attached hydrogens (primary N) is 1. The molecule has 200 valence electrons. The minimum absolute atomic E-state index is 0.0217. The highest BCUT2D eigenvalue weighted by Crippen LogP contribution is 2.52. The average molecular weight is 560 g/mol. The predicted molar refractivity (Wildman–Crippen MR) is 129 cm³/mol. The van der Waals surface area contributed by atoms with E-state index in [1.165, 1.54) is 12.1 Å². The zero-order valence-corrected chi connectivity index (χ0v) is 21.0. The molecule has 4 rings (SSSR count). The van der Waals surface area contributed by atoms with Crippen molar-refractivity contribution >= 4 is 38.9 Å². The van der Waals surface area contributed by atoms with Crippen LogP contribution in [-0.4, -0.2) is 49.3 Å². The third-order valence-electron chi connectivity index (χ3n) is 7.31. The Labute approximate surface area is 216 Å². The Balaban J connectivity index is 1.55. The maximum absolute atomic E-state index is 13.6. The highest BCUT2D eigenvalue weighted by atomic mass is 35.5. The number of anilines is 1. The number of nitrogens with one attached hydrogen (secondary N) is 2. The number of benzene rings is 2. The van der Waals surface area contributed by atoms with Gasteiger partial charge in [0.25, 0.3) is 5.91 Å². The largest absolute Gasteiger partial charge is 0.387 e. The van der Waals surface area contributed by atoms with E-state index in [4.69, 9.17) is 17.3 Å². The third-order valence-corrected chi connectivity index (χ3v) is 9.96. The lowest BCUT2D eigenvalue weighted by Crippen LogP contribution is -2.55. The molecule has 2 aliphatic carbocycles. The molecule has 0 radical (unpaired) electrons. The summed E-state index contributed by atoms with van der Waals surface area (Å²) in [4.78, 5) is 24.0. The van der Waals surface area contributed by atoms with Gasteiger partial charge in [0.2, 0.25) is 5.91 Å². The molecule has 0 spiro atoms. The smallest absolute Gasteiger partial charge is 0.255 e. The predicted octanol–water partition coefficient (Wildman–Crippen LogP) is 2.78. The van der Waals surface area contributed by atoms with Crippen LogP contribution in [0.15, 0.2) is 35.2 Å². The molecule has 1 unspecified atom stereocenters. The lowest BCUT2D eigenvalue weighted by molar-refractivity contribution is -0.123. The van der Waals surface area contributed by atoms with E-state index in [-0.39, 0.29) is 58.9 Å². The van der Waals surface area contributed by atoms with E-state index in [1.807, 2.05) is 0 Å². The summed E-state index contributed by atoms with van der Waals surface area (Å²) in [5, 5.41) is 15.0. The zero-order valence-electron chi connectivity index (χ0n) is 19.4. The molecule has 0 saturated heterocycles. The molecule has 2 saturated carbocycles. The number of aliphatic hydroxyl groups is 1. The van der Waals surface area contributed by atoms with Crippen LogP contribution in [0.2, 0.25) is 5.02 Å². The van der Waals surface area contributed by atoms with Crippen molar-refractivity contribution in [3.63, 3.8) is 0 Å². The van der Waals surface area contributed by atoms with Crippen molar-refractivity contribution in [3.05, 3.63) is 58.4 Å². The van der Waals surface area contributed by atoms with Gasteiger partial charge in [-0.15, -0.1) is 0 Å². The first-order chi connectivity index (χ1) is 17.4. The van der Waals surface area contributed by atoms with Gasteiger partial charge in [-0.1, -0.05) is 11.6 Å². The highest BCUT2D eigenvalue weighted by molar-refractivity contribution is 7.92. The molecule has 0 heterocycles. The summed E-state index contributed by atoms with van der Waals surface area (Å²) in [6.45, 7) is -0.248. The van der Waals surface area contributed by atoms with Gasteiger partial charge in [-0.3, -0.25) is 9.59 Å². The molecular formula is C24H25ClF3N3O5S. The summed E-state index contributed by atoms with van der Waals surface area (Å²) in [5.41, 5.74) is 3.56. The third kappa shape index (κ3) is 5.20. The Morgan fingerprint density at radius 1 is 1.08 bits per heavy atom. The molecule has 37 heavy (non-hydrogen) atoms. The van der Waals surface area contributed by atoms with Gasteiger partial charge in [0.1, 0.15) is 0 Å². The van der Waals surface area contributed by atoms with Crippen LogP contribution >= 0.6 is 11.6 Å². The Morgan fingerprint density at radius 2 is 1.68 bits per heavy atom. The van der Waals surface area contributed by atoms with Crippen LogP contribution in [0.25, 0.3) is 0 Å². The first-order valence-corrected chi connectivity index (χ1v) is 13.5. The molecule has 13 heteroatoms. The molecule has 8 nitrogen and oxygen atoms in total. The van der Waals surface area contributed by atoms with Crippen LogP contribution in [0.3, 0.4) is 0 Å². The van der Waals surface area contributed by atoms with Gasteiger partial charge in [-0.25, -0.2) is 21.6 Å². The maximum atomic E-state index is 13.6. The number of hydrogen-bond donors (Lipinski definition) is 4. The van der Waals surface area contributed by atoms with E-state index >= 15 is 0 Å². The topological polar surface area (TPSA) is 139 Å².